The van der Waals surface area contributed by atoms with Gasteiger partial charge >= 0.3 is 5.97 Å². The van der Waals surface area contributed by atoms with Crippen LogP contribution >= 0.6 is 0 Å². The Balaban J connectivity index is 3.07. The lowest BCUT2D eigenvalue weighted by atomic mass is 10.0. The molecule has 0 aliphatic rings. The summed E-state index contributed by atoms with van der Waals surface area (Å²) in [6, 6.07) is 2.71. The van der Waals surface area contributed by atoms with Crippen LogP contribution in [0.5, 0.6) is 0 Å². The molecule has 5 heteroatoms. The van der Waals surface area contributed by atoms with E-state index in [1.54, 1.807) is 11.8 Å². The topological polar surface area (TPSA) is 40.5 Å². The molecule has 0 amide bonds. The Labute approximate surface area is 111 Å². The number of hydrogen-bond donors (Lipinski definition) is 1. The van der Waals surface area contributed by atoms with Gasteiger partial charge in [-0.2, -0.15) is 0 Å². The predicted molar refractivity (Wildman–Crippen MR) is 68.9 cm³/mol. The molecule has 1 aromatic rings. The zero-order valence-electron chi connectivity index (χ0n) is 11.4. The third kappa shape index (κ3) is 3.99. The largest absolute Gasteiger partial charge is 0.480 e. The van der Waals surface area contributed by atoms with Crippen molar-refractivity contribution < 1.29 is 18.7 Å². The van der Waals surface area contributed by atoms with Crippen LogP contribution in [0.1, 0.15) is 38.8 Å². The second kappa shape index (κ2) is 6.61. The lowest BCUT2D eigenvalue weighted by Crippen LogP contribution is -2.39. The first kappa shape index (κ1) is 15.6. The Morgan fingerprint density at radius 1 is 1.37 bits per heavy atom. The van der Waals surface area contributed by atoms with E-state index in [4.69, 9.17) is 5.11 Å². The summed E-state index contributed by atoms with van der Waals surface area (Å²) in [5, 5.41) is 8.94. The first-order valence-corrected chi connectivity index (χ1v) is 6.29. The number of benzene rings is 1. The van der Waals surface area contributed by atoms with Crippen LogP contribution in [0, 0.1) is 11.6 Å². The lowest BCUT2D eigenvalue weighted by molar-refractivity contribution is -0.139. The van der Waals surface area contributed by atoms with Crippen LogP contribution in [-0.2, 0) is 4.79 Å². The summed E-state index contributed by atoms with van der Waals surface area (Å²) in [5.74, 6) is -2.03. The fourth-order valence-electron chi connectivity index (χ4n) is 2.08. The number of rotatable bonds is 6. The Hall–Kier alpha value is -1.49. The molecular formula is C14H19F2NO2. The van der Waals surface area contributed by atoms with Crippen molar-refractivity contribution >= 4 is 5.97 Å². The Kier molecular flexibility index (Phi) is 5.42. The van der Waals surface area contributed by atoms with E-state index in [0.717, 1.165) is 24.6 Å². The molecule has 0 heterocycles. The second-order valence-electron chi connectivity index (χ2n) is 4.67. The third-order valence-electron chi connectivity index (χ3n) is 3.38. The van der Waals surface area contributed by atoms with E-state index in [9.17, 15) is 13.6 Å². The summed E-state index contributed by atoms with van der Waals surface area (Å²) in [6.45, 7) is 5.28. The zero-order chi connectivity index (χ0) is 14.6. The standard InChI is InChI=1S/C14H19F2NO2/c1-4-9(2)17(8-14(18)19)10(3)12-7-11(15)5-6-13(12)16/h5-7,9-10H,4,8H2,1-3H3,(H,18,19). The number of carboxylic acid groups (broad SMARTS) is 1. The first-order chi connectivity index (χ1) is 8.86. The van der Waals surface area contributed by atoms with Crippen molar-refractivity contribution in [2.24, 2.45) is 0 Å². The molecule has 1 aromatic carbocycles. The van der Waals surface area contributed by atoms with Crippen LogP contribution in [0.25, 0.3) is 0 Å². The molecule has 0 saturated carbocycles. The van der Waals surface area contributed by atoms with Crippen molar-refractivity contribution in [3.8, 4) is 0 Å². The molecule has 0 aliphatic carbocycles. The van der Waals surface area contributed by atoms with Crippen molar-refractivity contribution in [1.29, 1.82) is 0 Å². The van der Waals surface area contributed by atoms with Crippen LogP contribution in [0.4, 0.5) is 8.78 Å². The minimum absolute atomic E-state index is 0.0335. The maximum absolute atomic E-state index is 13.7. The molecule has 0 bridgehead atoms. The van der Waals surface area contributed by atoms with Gasteiger partial charge in [-0.3, -0.25) is 9.69 Å². The van der Waals surface area contributed by atoms with Crippen molar-refractivity contribution in [2.45, 2.75) is 39.3 Å². The Bertz CT molecular complexity index is 451. The van der Waals surface area contributed by atoms with Crippen molar-refractivity contribution in [3.05, 3.63) is 35.4 Å². The number of halogens is 2. The minimum Gasteiger partial charge on any atom is -0.480 e. The number of nitrogens with zero attached hydrogens (tertiary/aromatic N) is 1. The van der Waals surface area contributed by atoms with Crippen molar-refractivity contribution in [1.82, 2.24) is 4.90 Å². The molecule has 19 heavy (non-hydrogen) atoms. The summed E-state index contributed by atoms with van der Waals surface area (Å²) >= 11 is 0. The summed E-state index contributed by atoms with van der Waals surface area (Å²) in [7, 11) is 0. The van der Waals surface area contributed by atoms with Gasteiger partial charge in [0.05, 0.1) is 6.54 Å². The van der Waals surface area contributed by atoms with E-state index >= 15 is 0 Å². The van der Waals surface area contributed by atoms with Crippen molar-refractivity contribution in [3.63, 3.8) is 0 Å². The monoisotopic (exact) mass is 271 g/mol. The third-order valence-corrected chi connectivity index (χ3v) is 3.38. The van der Waals surface area contributed by atoms with Crippen LogP contribution in [0.15, 0.2) is 18.2 Å². The maximum atomic E-state index is 13.7. The molecule has 0 aliphatic heterocycles. The van der Waals surface area contributed by atoms with Gasteiger partial charge in [0.1, 0.15) is 11.6 Å². The molecule has 0 saturated heterocycles. The number of hydrogen-bond acceptors (Lipinski definition) is 2. The Morgan fingerprint density at radius 2 is 2.00 bits per heavy atom. The highest BCUT2D eigenvalue weighted by Gasteiger charge is 2.25. The van der Waals surface area contributed by atoms with Gasteiger partial charge in [0.15, 0.2) is 0 Å². The first-order valence-electron chi connectivity index (χ1n) is 6.29. The van der Waals surface area contributed by atoms with E-state index in [1.807, 2.05) is 13.8 Å². The van der Waals surface area contributed by atoms with E-state index in [2.05, 4.69) is 0 Å². The summed E-state index contributed by atoms with van der Waals surface area (Å²) in [6.07, 6.45) is 0.731. The van der Waals surface area contributed by atoms with E-state index in [1.165, 1.54) is 0 Å². The van der Waals surface area contributed by atoms with Gasteiger partial charge < -0.3 is 5.11 Å². The quantitative estimate of drug-likeness (QED) is 0.863. The predicted octanol–water partition coefficient (Wildman–Crippen LogP) is 3.21. The average Bonchev–Trinajstić information content (AvgIpc) is 2.37. The van der Waals surface area contributed by atoms with Crippen LogP contribution in [-0.4, -0.2) is 28.6 Å². The molecule has 106 valence electrons. The molecule has 0 radical (unpaired) electrons. The summed E-state index contributed by atoms with van der Waals surface area (Å²) in [4.78, 5) is 12.6. The molecule has 3 nitrogen and oxygen atoms in total. The minimum atomic E-state index is -0.982. The number of aliphatic carboxylic acids is 1. The highest BCUT2D eigenvalue weighted by atomic mass is 19.1. The summed E-state index contributed by atoms with van der Waals surface area (Å²) < 4.78 is 27.0. The molecule has 0 aromatic heterocycles. The van der Waals surface area contributed by atoms with Crippen LogP contribution in [0.2, 0.25) is 0 Å². The highest BCUT2D eigenvalue weighted by Crippen LogP contribution is 2.26. The molecule has 2 unspecified atom stereocenters. The second-order valence-corrected chi connectivity index (χ2v) is 4.67. The van der Waals surface area contributed by atoms with Gasteiger partial charge in [-0.25, -0.2) is 8.78 Å². The molecular weight excluding hydrogens is 252 g/mol. The van der Waals surface area contributed by atoms with Crippen LogP contribution in [0.3, 0.4) is 0 Å². The van der Waals surface area contributed by atoms with Gasteiger partial charge in [-0.1, -0.05) is 6.92 Å². The fourth-order valence-corrected chi connectivity index (χ4v) is 2.08. The summed E-state index contributed by atoms with van der Waals surface area (Å²) in [5.41, 5.74) is 0.182. The van der Waals surface area contributed by atoms with Crippen molar-refractivity contribution in [2.75, 3.05) is 6.54 Å². The smallest absolute Gasteiger partial charge is 0.317 e. The number of carbonyl (C=O) groups is 1. The molecule has 0 fully saturated rings. The van der Waals surface area contributed by atoms with Gasteiger partial charge in [0, 0.05) is 17.6 Å². The van der Waals surface area contributed by atoms with Gasteiger partial charge in [-0.15, -0.1) is 0 Å². The van der Waals surface area contributed by atoms with Gasteiger partial charge in [0.25, 0.3) is 0 Å². The fraction of sp³-hybridized carbons (Fsp3) is 0.500. The van der Waals surface area contributed by atoms with E-state index in [-0.39, 0.29) is 18.2 Å². The zero-order valence-corrected chi connectivity index (χ0v) is 11.4. The Morgan fingerprint density at radius 3 is 2.53 bits per heavy atom. The molecule has 1 N–H and O–H groups in total. The maximum Gasteiger partial charge on any atom is 0.317 e. The number of carboxylic acids is 1. The van der Waals surface area contributed by atoms with Gasteiger partial charge in [0.2, 0.25) is 0 Å². The normalized spacial score (nSPS) is 14.4. The average molecular weight is 271 g/mol. The van der Waals surface area contributed by atoms with Crippen LogP contribution < -0.4 is 0 Å². The van der Waals surface area contributed by atoms with E-state index in [0.29, 0.717) is 0 Å². The molecule has 2 atom stereocenters. The highest BCUT2D eigenvalue weighted by molar-refractivity contribution is 5.69. The molecule has 1 rings (SSSR count). The van der Waals surface area contributed by atoms with Gasteiger partial charge in [-0.05, 0) is 38.5 Å². The lowest BCUT2D eigenvalue weighted by Gasteiger charge is -2.33. The van der Waals surface area contributed by atoms with E-state index < -0.39 is 23.6 Å². The SMILES string of the molecule is CCC(C)N(CC(=O)O)C(C)c1cc(F)ccc1F. The molecule has 0 spiro atoms.